The van der Waals surface area contributed by atoms with Gasteiger partial charge in [-0.05, 0) is 31.9 Å². The van der Waals surface area contributed by atoms with E-state index in [1.165, 1.54) is 22.0 Å². The van der Waals surface area contributed by atoms with E-state index in [9.17, 15) is 0 Å². The average Bonchev–Trinajstić information content (AvgIpc) is 2.45. The smallest absolute Gasteiger partial charge is 0.0512 e. The molecule has 0 amide bonds. The van der Waals surface area contributed by atoms with Gasteiger partial charge in [-0.25, -0.2) is 0 Å². The van der Waals surface area contributed by atoms with Crippen LogP contribution in [-0.2, 0) is 6.54 Å². The molecule has 1 nitrogen and oxygen atoms in total. The summed E-state index contributed by atoms with van der Waals surface area (Å²) in [5, 5.41) is 1.39. The normalized spacial score (nSPS) is 11.0. The highest BCUT2D eigenvalue weighted by Crippen LogP contribution is 2.23. The minimum absolute atomic E-state index is 1.05. The third-order valence-electron chi connectivity index (χ3n) is 2.64. The van der Waals surface area contributed by atoms with Crippen molar-refractivity contribution in [2.24, 2.45) is 0 Å². The fraction of sp³-hybridized carbons (Fsp3) is 0.333. The fourth-order valence-corrected chi connectivity index (χ4v) is 1.98. The molecule has 1 heteroatoms. The van der Waals surface area contributed by atoms with Crippen molar-refractivity contribution in [1.29, 1.82) is 0 Å². The molecule has 0 radical (unpaired) electrons. The summed E-state index contributed by atoms with van der Waals surface area (Å²) in [5.74, 6) is 0. The summed E-state index contributed by atoms with van der Waals surface area (Å²) in [6.07, 6.45) is 2.23. The number of hydrogen-bond donors (Lipinski definition) is 0. The summed E-state index contributed by atoms with van der Waals surface area (Å²) < 4.78 is 2.32. The van der Waals surface area contributed by atoms with E-state index in [-0.39, 0.29) is 0 Å². The van der Waals surface area contributed by atoms with Gasteiger partial charge in [0.25, 0.3) is 0 Å². The van der Waals surface area contributed by atoms with Crippen molar-refractivity contribution in [3.8, 4) is 0 Å². The highest BCUT2D eigenvalue weighted by atomic mass is 14.9. The summed E-state index contributed by atoms with van der Waals surface area (Å²) in [6.45, 7) is 7.59. The van der Waals surface area contributed by atoms with E-state index in [2.05, 4.69) is 49.7 Å². The maximum atomic E-state index is 2.32. The summed E-state index contributed by atoms with van der Waals surface area (Å²) in [5.41, 5.74) is 4.13. The van der Waals surface area contributed by atoms with Crippen LogP contribution in [0.5, 0.6) is 0 Å². The Hall–Kier alpha value is -1.24. The number of aryl methyl sites for hydroxylation is 3. The van der Waals surface area contributed by atoms with Crippen LogP contribution >= 0.6 is 0 Å². The molecule has 1 aromatic carbocycles. The van der Waals surface area contributed by atoms with Crippen LogP contribution in [0.25, 0.3) is 10.9 Å². The molecule has 0 spiro atoms. The molecule has 0 saturated heterocycles. The monoisotopic (exact) mass is 173 g/mol. The van der Waals surface area contributed by atoms with Crippen molar-refractivity contribution < 1.29 is 0 Å². The van der Waals surface area contributed by atoms with E-state index < -0.39 is 0 Å². The largest absolute Gasteiger partial charge is 0.347 e. The van der Waals surface area contributed by atoms with Crippen molar-refractivity contribution in [2.45, 2.75) is 27.3 Å². The van der Waals surface area contributed by atoms with Gasteiger partial charge in [0.15, 0.2) is 0 Å². The van der Waals surface area contributed by atoms with Crippen molar-refractivity contribution in [1.82, 2.24) is 4.57 Å². The molecule has 0 fully saturated rings. The first-order valence-corrected chi connectivity index (χ1v) is 4.79. The van der Waals surface area contributed by atoms with Gasteiger partial charge < -0.3 is 4.57 Å². The van der Waals surface area contributed by atoms with Crippen molar-refractivity contribution >= 4 is 10.9 Å². The Morgan fingerprint density at radius 3 is 2.62 bits per heavy atom. The lowest BCUT2D eigenvalue weighted by Gasteiger charge is -2.02. The number of aromatic nitrogens is 1. The molecule has 0 aliphatic carbocycles. The van der Waals surface area contributed by atoms with Crippen LogP contribution in [0.2, 0.25) is 0 Å². The van der Waals surface area contributed by atoms with Gasteiger partial charge in [0.2, 0.25) is 0 Å². The summed E-state index contributed by atoms with van der Waals surface area (Å²) in [4.78, 5) is 0. The zero-order valence-electron chi connectivity index (χ0n) is 8.46. The molecule has 0 saturated carbocycles. The molecular weight excluding hydrogens is 158 g/mol. The van der Waals surface area contributed by atoms with Crippen molar-refractivity contribution in [2.75, 3.05) is 0 Å². The van der Waals surface area contributed by atoms with Gasteiger partial charge in [-0.15, -0.1) is 0 Å². The Balaban J connectivity index is 2.89. The molecule has 0 bridgehead atoms. The van der Waals surface area contributed by atoms with Crippen LogP contribution in [0.15, 0.2) is 24.4 Å². The minimum Gasteiger partial charge on any atom is -0.347 e. The third kappa shape index (κ3) is 1.15. The Morgan fingerprint density at radius 2 is 1.92 bits per heavy atom. The zero-order valence-corrected chi connectivity index (χ0v) is 8.46. The van der Waals surface area contributed by atoms with Crippen LogP contribution < -0.4 is 0 Å². The first kappa shape index (κ1) is 8.36. The lowest BCUT2D eigenvalue weighted by molar-refractivity contribution is 0.793. The molecule has 1 aromatic heterocycles. The molecule has 0 N–H and O–H groups in total. The second-order valence-electron chi connectivity index (χ2n) is 3.57. The Kier molecular flexibility index (Phi) is 1.87. The lowest BCUT2D eigenvalue weighted by atomic mass is 10.1. The summed E-state index contributed by atoms with van der Waals surface area (Å²) >= 11 is 0. The first-order chi connectivity index (χ1) is 6.24. The Bertz CT molecular complexity index is 438. The summed E-state index contributed by atoms with van der Waals surface area (Å²) in [6, 6.07) is 6.50. The quantitative estimate of drug-likeness (QED) is 0.623. The van der Waals surface area contributed by atoms with Crippen LogP contribution in [0, 0.1) is 13.8 Å². The zero-order chi connectivity index (χ0) is 9.42. The molecule has 0 unspecified atom stereocenters. The predicted molar refractivity (Wildman–Crippen MR) is 57.1 cm³/mol. The minimum atomic E-state index is 1.05. The van der Waals surface area contributed by atoms with Crippen LogP contribution in [0.3, 0.4) is 0 Å². The number of para-hydroxylation sites is 1. The average molecular weight is 173 g/mol. The maximum absolute atomic E-state index is 2.32. The Labute approximate surface area is 79.0 Å². The summed E-state index contributed by atoms with van der Waals surface area (Å²) in [7, 11) is 0. The number of nitrogens with zero attached hydrogens (tertiary/aromatic N) is 1. The number of rotatable bonds is 1. The topological polar surface area (TPSA) is 4.93 Å². The van der Waals surface area contributed by atoms with Crippen molar-refractivity contribution in [3.05, 3.63) is 35.5 Å². The van der Waals surface area contributed by atoms with E-state index >= 15 is 0 Å². The molecule has 0 aliphatic rings. The van der Waals surface area contributed by atoms with Gasteiger partial charge in [-0.3, -0.25) is 0 Å². The van der Waals surface area contributed by atoms with Crippen LogP contribution in [0.1, 0.15) is 18.1 Å². The predicted octanol–water partition coefficient (Wildman–Crippen LogP) is 3.28. The first-order valence-electron chi connectivity index (χ1n) is 4.79. The highest BCUT2D eigenvalue weighted by Gasteiger charge is 2.05. The molecule has 0 atom stereocenters. The van der Waals surface area contributed by atoms with Gasteiger partial charge in [0.1, 0.15) is 0 Å². The molecule has 1 heterocycles. The number of hydrogen-bond acceptors (Lipinski definition) is 0. The molecular formula is C12H15N. The highest BCUT2D eigenvalue weighted by molar-refractivity contribution is 5.86. The van der Waals surface area contributed by atoms with Crippen LogP contribution in [-0.4, -0.2) is 4.57 Å². The SMILES string of the molecule is CCn1cc(C)c2cccc(C)c21. The van der Waals surface area contributed by atoms with Gasteiger partial charge in [0.05, 0.1) is 5.52 Å². The third-order valence-corrected chi connectivity index (χ3v) is 2.64. The van der Waals surface area contributed by atoms with E-state index in [4.69, 9.17) is 0 Å². The number of fused-ring (bicyclic) bond motifs is 1. The molecule has 68 valence electrons. The molecule has 0 aliphatic heterocycles. The maximum Gasteiger partial charge on any atom is 0.0512 e. The second-order valence-corrected chi connectivity index (χ2v) is 3.57. The lowest BCUT2D eigenvalue weighted by Crippen LogP contribution is -1.92. The molecule has 13 heavy (non-hydrogen) atoms. The molecule has 2 aromatic rings. The Morgan fingerprint density at radius 1 is 1.15 bits per heavy atom. The van der Waals surface area contributed by atoms with Crippen LogP contribution in [0.4, 0.5) is 0 Å². The number of benzene rings is 1. The fourth-order valence-electron chi connectivity index (χ4n) is 1.98. The molecule has 2 rings (SSSR count). The van der Waals surface area contributed by atoms with Gasteiger partial charge in [0, 0.05) is 18.1 Å². The standard InChI is InChI=1S/C12H15N/c1-4-13-8-10(3)11-7-5-6-9(2)12(11)13/h5-8H,4H2,1-3H3. The van der Waals surface area contributed by atoms with Gasteiger partial charge >= 0.3 is 0 Å². The van der Waals surface area contributed by atoms with E-state index in [0.717, 1.165) is 6.54 Å². The van der Waals surface area contributed by atoms with Gasteiger partial charge in [-0.1, -0.05) is 18.2 Å². The van der Waals surface area contributed by atoms with Gasteiger partial charge in [-0.2, -0.15) is 0 Å². The van der Waals surface area contributed by atoms with E-state index in [1.807, 2.05) is 0 Å². The van der Waals surface area contributed by atoms with Crippen molar-refractivity contribution in [3.63, 3.8) is 0 Å². The second kappa shape index (κ2) is 2.91. The van der Waals surface area contributed by atoms with E-state index in [1.54, 1.807) is 0 Å². The van der Waals surface area contributed by atoms with E-state index in [0.29, 0.717) is 0 Å².